The van der Waals surface area contributed by atoms with Crippen molar-refractivity contribution in [3.63, 3.8) is 0 Å². The molecule has 2 unspecified atom stereocenters. The van der Waals surface area contributed by atoms with Crippen molar-refractivity contribution in [2.45, 2.75) is 31.2 Å². The van der Waals surface area contributed by atoms with Crippen molar-refractivity contribution in [1.82, 2.24) is 5.32 Å². The highest BCUT2D eigenvalue weighted by atomic mass is 15.0. The average Bonchev–Trinajstić information content (AvgIpc) is 2.98. The summed E-state index contributed by atoms with van der Waals surface area (Å²) in [4.78, 5) is 0. The molecule has 1 N–H and O–H groups in total. The summed E-state index contributed by atoms with van der Waals surface area (Å²) in [7, 11) is 0. The van der Waals surface area contributed by atoms with Crippen LogP contribution in [0.25, 0.3) is 0 Å². The zero-order valence-corrected chi connectivity index (χ0v) is 8.45. The van der Waals surface area contributed by atoms with Gasteiger partial charge in [-0.1, -0.05) is 30.3 Å². The molecule has 1 aromatic rings. The van der Waals surface area contributed by atoms with Gasteiger partial charge in [0.1, 0.15) is 0 Å². The zero-order chi connectivity index (χ0) is 9.38. The summed E-state index contributed by atoms with van der Waals surface area (Å²) in [5, 5.41) is 3.67. The number of hydrogen-bond donors (Lipinski definition) is 1. The van der Waals surface area contributed by atoms with Crippen LogP contribution in [-0.2, 0) is 0 Å². The molecule has 2 fully saturated rings. The fourth-order valence-corrected chi connectivity index (χ4v) is 2.75. The van der Waals surface area contributed by atoms with Crippen molar-refractivity contribution in [3.8, 4) is 0 Å². The number of nitrogens with one attached hydrogen (secondary N) is 1. The molecule has 1 saturated heterocycles. The minimum atomic E-state index is 0.775. The largest absolute Gasteiger partial charge is 0.313 e. The summed E-state index contributed by atoms with van der Waals surface area (Å²) < 4.78 is 0. The van der Waals surface area contributed by atoms with Crippen molar-refractivity contribution in [2.24, 2.45) is 5.92 Å². The zero-order valence-electron chi connectivity index (χ0n) is 8.45. The molecule has 0 aromatic heterocycles. The van der Waals surface area contributed by atoms with Gasteiger partial charge in [-0.25, -0.2) is 0 Å². The first-order valence-corrected chi connectivity index (χ1v) is 5.73. The van der Waals surface area contributed by atoms with Crippen LogP contribution in [0.5, 0.6) is 0 Å². The smallest absolute Gasteiger partial charge is 0.0164 e. The first kappa shape index (κ1) is 8.49. The van der Waals surface area contributed by atoms with Gasteiger partial charge >= 0.3 is 0 Å². The third-order valence-electron chi connectivity index (χ3n) is 3.63. The maximum atomic E-state index is 3.67. The standard InChI is InChI=1S/C13H17N/c1-2-4-10(5-3-1)12-8-9-14-13(12)11-6-7-11/h1-5,11-14H,6-9H2. The second kappa shape index (κ2) is 3.39. The summed E-state index contributed by atoms with van der Waals surface area (Å²) in [6.07, 6.45) is 4.22. The molecule has 0 radical (unpaired) electrons. The van der Waals surface area contributed by atoms with Crippen LogP contribution >= 0.6 is 0 Å². The highest BCUT2D eigenvalue weighted by Crippen LogP contribution is 2.42. The molecule has 2 aliphatic rings. The lowest BCUT2D eigenvalue weighted by Crippen LogP contribution is -2.27. The van der Waals surface area contributed by atoms with Crippen molar-refractivity contribution >= 4 is 0 Å². The molecule has 1 aliphatic carbocycles. The highest BCUT2D eigenvalue weighted by Gasteiger charge is 2.39. The fraction of sp³-hybridized carbons (Fsp3) is 0.538. The van der Waals surface area contributed by atoms with Crippen molar-refractivity contribution < 1.29 is 0 Å². The average molecular weight is 187 g/mol. The number of benzene rings is 1. The number of rotatable bonds is 2. The van der Waals surface area contributed by atoms with Crippen LogP contribution in [0, 0.1) is 5.92 Å². The normalized spacial score (nSPS) is 32.0. The van der Waals surface area contributed by atoms with Crippen molar-refractivity contribution in [2.75, 3.05) is 6.54 Å². The van der Waals surface area contributed by atoms with Crippen LogP contribution < -0.4 is 5.32 Å². The molecule has 0 bridgehead atoms. The highest BCUT2D eigenvalue weighted by molar-refractivity contribution is 5.23. The molecule has 1 aromatic carbocycles. The Bertz CT molecular complexity index is 302. The van der Waals surface area contributed by atoms with E-state index in [-0.39, 0.29) is 0 Å². The molecule has 14 heavy (non-hydrogen) atoms. The van der Waals surface area contributed by atoms with Gasteiger partial charge in [0.25, 0.3) is 0 Å². The van der Waals surface area contributed by atoms with Crippen molar-refractivity contribution in [1.29, 1.82) is 0 Å². The van der Waals surface area contributed by atoms with Crippen LogP contribution in [-0.4, -0.2) is 12.6 Å². The Kier molecular flexibility index (Phi) is 2.06. The van der Waals surface area contributed by atoms with E-state index in [2.05, 4.69) is 35.6 Å². The van der Waals surface area contributed by atoms with E-state index in [1.54, 1.807) is 0 Å². The van der Waals surface area contributed by atoms with Gasteiger partial charge in [-0.2, -0.15) is 0 Å². The van der Waals surface area contributed by atoms with Gasteiger partial charge in [-0.15, -0.1) is 0 Å². The third-order valence-corrected chi connectivity index (χ3v) is 3.63. The predicted octanol–water partition coefficient (Wildman–Crippen LogP) is 2.54. The van der Waals surface area contributed by atoms with Gasteiger partial charge in [0, 0.05) is 12.0 Å². The van der Waals surface area contributed by atoms with Gasteiger partial charge in [-0.3, -0.25) is 0 Å². The Morgan fingerprint density at radius 1 is 1.00 bits per heavy atom. The Balaban J connectivity index is 1.83. The Hall–Kier alpha value is -0.820. The van der Waals surface area contributed by atoms with Crippen LogP contribution in [0.3, 0.4) is 0 Å². The molecular formula is C13H17N. The second-order valence-electron chi connectivity index (χ2n) is 4.62. The lowest BCUT2D eigenvalue weighted by molar-refractivity contribution is 0.490. The van der Waals surface area contributed by atoms with E-state index in [1.165, 1.54) is 31.4 Å². The molecule has 1 nitrogen and oxygen atoms in total. The maximum absolute atomic E-state index is 3.67. The minimum Gasteiger partial charge on any atom is -0.313 e. The first-order chi connectivity index (χ1) is 6.95. The van der Waals surface area contributed by atoms with E-state index >= 15 is 0 Å². The van der Waals surface area contributed by atoms with Gasteiger partial charge in [0.2, 0.25) is 0 Å². The van der Waals surface area contributed by atoms with Crippen molar-refractivity contribution in [3.05, 3.63) is 35.9 Å². The van der Waals surface area contributed by atoms with E-state index in [4.69, 9.17) is 0 Å². The second-order valence-corrected chi connectivity index (χ2v) is 4.62. The predicted molar refractivity (Wildman–Crippen MR) is 58.3 cm³/mol. The summed E-state index contributed by atoms with van der Waals surface area (Å²) in [5.41, 5.74) is 1.54. The summed E-state index contributed by atoms with van der Waals surface area (Å²) >= 11 is 0. The summed E-state index contributed by atoms with van der Waals surface area (Å²) in [5.74, 6) is 1.76. The van der Waals surface area contributed by atoms with Gasteiger partial charge in [0.05, 0.1) is 0 Å². The van der Waals surface area contributed by atoms with E-state index in [9.17, 15) is 0 Å². The molecule has 1 saturated carbocycles. The van der Waals surface area contributed by atoms with E-state index in [0.717, 1.165) is 17.9 Å². The number of hydrogen-bond acceptors (Lipinski definition) is 1. The molecule has 2 atom stereocenters. The molecule has 1 heteroatoms. The quantitative estimate of drug-likeness (QED) is 0.750. The first-order valence-electron chi connectivity index (χ1n) is 5.73. The lowest BCUT2D eigenvalue weighted by atomic mass is 9.89. The van der Waals surface area contributed by atoms with Gasteiger partial charge < -0.3 is 5.32 Å². The molecular weight excluding hydrogens is 170 g/mol. The SMILES string of the molecule is c1ccc(C2CCNC2C2CC2)cc1. The van der Waals surface area contributed by atoms with Crippen LogP contribution in [0.15, 0.2) is 30.3 Å². The van der Waals surface area contributed by atoms with Crippen LogP contribution in [0.4, 0.5) is 0 Å². The molecule has 0 spiro atoms. The third kappa shape index (κ3) is 1.46. The molecule has 3 rings (SSSR count). The Morgan fingerprint density at radius 3 is 2.50 bits per heavy atom. The summed E-state index contributed by atoms with van der Waals surface area (Å²) in [6.45, 7) is 1.21. The van der Waals surface area contributed by atoms with E-state index < -0.39 is 0 Å². The molecule has 1 aliphatic heterocycles. The van der Waals surface area contributed by atoms with Gasteiger partial charge in [0.15, 0.2) is 0 Å². The van der Waals surface area contributed by atoms with Gasteiger partial charge in [-0.05, 0) is 37.3 Å². The molecule has 1 heterocycles. The molecule has 0 amide bonds. The molecule has 74 valence electrons. The lowest BCUT2D eigenvalue weighted by Gasteiger charge is -2.19. The summed E-state index contributed by atoms with van der Waals surface area (Å²) in [6, 6.07) is 11.8. The Morgan fingerprint density at radius 2 is 1.79 bits per heavy atom. The van der Waals surface area contributed by atoms with E-state index in [0.29, 0.717) is 0 Å². The van der Waals surface area contributed by atoms with Crippen LogP contribution in [0.1, 0.15) is 30.7 Å². The monoisotopic (exact) mass is 187 g/mol. The Labute approximate surface area is 85.5 Å². The fourth-order valence-electron chi connectivity index (χ4n) is 2.75. The topological polar surface area (TPSA) is 12.0 Å². The van der Waals surface area contributed by atoms with Crippen LogP contribution in [0.2, 0.25) is 0 Å². The minimum absolute atomic E-state index is 0.775. The maximum Gasteiger partial charge on any atom is 0.0164 e. The van der Waals surface area contributed by atoms with E-state index in [1.807, 2.05) is 0 Å².